The van der Waals surface area contributed by atoms with Crippen molar-refractivity contribution >= 4 is 0 Å². The zero-order chi connectivity index (χ0) is 17.3. The molecule has 1 saturated heterocycles. The minimum Gasteiger partial charge on any atom is -0.338 e. The third-order valence-corrected chi connectivity index (χ3v) is 5.02. The largest absolute Gasteiger partial charge is 0.338 e. The quantitative estimate of drug-likeness (QED) is 0.691. The Kier molecular flexibility index (Phi) is 3.97. The molecule has 3 aromatic heterocycles. The van der Waals surface area contributed by atoms with Crippen molar-refractivity contribution < 1.29 is 9.05 Å². The molecule has 8 heteroatoms. The van der Waals surface area contributed by atoms with Gasteiger partial charge in [-0.05, 0) is 44.4 Å². The van der Waals surface area contributed by atoms with Crippen LogP contribution in [0, 0.1) is 0 Å². The Hall–Kier alpha value is -2.61. The van der Waals surface area contributed by atoms with Gasteiger partial charge in [-0.2, -0.15) is 9.97 Å². The molecule has 2 fully saturated rings. The van der Waals surface area contributed by atoms with Crippen molar-refractivity contribution in [2.75, 3.05) is 6.54 Å². The maximum atomic E-state index is 5.57. The lowest BCUT2D eigenvalue weighted by Gasteiger charge is -2.31. The maximum absolute atomic E-state index is 5.57. The highest BCUT2D eigenvalue weighted by molar-refractivity contribution is 5.51. The summed E-state index contributed by atoms with van der Waals surface area (Å²) in [6, 6.07) is 3.90. The van der Waals surface area contributed by atoms with E-state index in [1.165, 1.54) is 12.8 Å². The molecule has 5 rings (SSSR count). The van der Waals surface area contributed by atoms with Crippen LogP contribution in [0.3, 0.4) is 0 Å². The van der Waals surface area contributed by atoms with E-state index in [1.54, 1.807) is 12.4 Å². The predicted octanol–water partition coefficient (Wildman–Crippen LogP) is 3.12. The van der Waals surface area contributed by atoms with Crippen LogP contribution in [0.15, 0.2) is 33.6 Å². The van der Waals surface area contributed by atoms with Gasteiger partial charge < -0.3 is 9.05 Å². The fourth-order valence-corrected chi connectivity index (χ4v) is 3.45. The molecule has 2 aliphatic rings. The minimum atomic E-state index is 0.123. The number of pyridine rings is 1. The van der Waals surface area contributed by atoms with Crippen LogP contribution < -0.4 is 0 Å². The van der Waals surface area contributed by atoms with Gasteiger partial charge in [-0.15, -0.1) is 0 Å². The van der Waals surface area contributed by atoms with E-state index < -0.39 is 0 Å². The number of likely N-dealkylation sites (tertiary alicyclic amines) is 1. The molecule has 0 N–H and O–H groups in total. The Morgan fingerprint density at radius 1 is 1.08 bits per heavy atom. The molecular formula is C18H20N6O2. The minimum absolute atomic E-state index is 0.123. The molecule has 1 aliphatic carbocycles. The van der Waals surface area contributed by atoms with E-state index in [-0.39, 0.29) is 6.04 Å². The van der Waals surface area contributed by atoms with Gasteiger partial charge in [0.2, 0.25) is 17.6 Å². The van der Waals surface area contributed by atoms with Gasteiger partial charge in [-0.1, -0.05) is 16.7 Å². The van der Waals surface area contributed by atoms with Crippen molar-refractivity contribution in [1.82, 2.24) is 30.2 Å². The van der Waals surface area contributed by atoms with Crippen LogP contribution in [0.5, 0.6) is 0 Å². The van der Waals surface area contributed by atoms with E-state index in [0.717, 1.165) is 43.1 Å². The average Bonchev–Trinajstić information content (AvgIpc) is 3.24. The van der Waals surface area contributed by atoms with Gasteiger partial charge in [0.25, 0.3) is 0 Å². The summed E-state index contributed by atoms with van der Waals surface area (Å²) in [4.78, 5) is 15.6. The van der Waals surface area contributed by atoms with E-state index in [0.29, 0.717) is 24.2 Å². The molecule has 0 amide bonds. The fraction of sp³-hybridized carbons (Fsp3) is 0.500. The summed E-state index contributed by atoms with van der Waals surface area (Å²) < 4.78 is 11.0. The summed E-state index contributed by atoms with van der Waals surface area (Å²) in [6.45, 7) is 1.54. The van der Waals surface area contributed by atoms with E-state index in [2.05, 4.69) is 30.2 Å². The number of piperidine rings is 1. The van der Waals surface area contributed by atoms with Crippen molar-refractivity contribution in [3.05, 3.63) is 42.1 Å². The molecule has 1 aliphatic heterocycles. The second kappa shape index (κ2) is 6.60. The molecule has 0 aromatic carbocycles. The molecular weight excluding hydrogens is 332 g/mol. The number of rotatable bonds is 5. The Bertz CT molecular complexity index is 873. The number of hydrogen-bond donors (Lipinski definition) is 0. The van der Waals surface area contributed by atoms with Gasteiger partial charge in [0.1, 0.15) is 0 Å². The lowest BCUT2D eigenvalue weighted by Crippen LogP contribution is -2.33. The number of nitrogens with zero attached hydrogens (tertiary/aromatic N) is 6. The van der Waals surface area contributed by atoms with Gasteiger partial charge >= 0.3 is 0 Å². The molecule has 0 bridgehead atoms. The van der Waals surface area contributed by atoms with Crippen LogP contribution in [-0.4, -0.2) is 36.7 Å². The smallest absolute Gasteiger partial charge is 0.244 e. The van der Waals surface area contributed by atoms with Crippen molar-refractivity contribution in [1.29, 1.82) is 0 Å². The summed E-state index contributed by atoms with van der Waals surface area (Å²) >= 11 is 0. The van der Waals surface area contributed by atoms with Crippen LogP contribution in [0.1, 0.15) is 61.7 Å². The summed E-state index contributed by atoms with van der Waals surface area (Å²) in [5.41, 5.74) is 0.851. The van der Waals surface area contributed by atoms with Crippen molar-refractivity contribution in [2.24, 2.45) is 0 Å². The average molecular weight is 352 g/mol. The van der Waals surface area contributed by atoms with Gasteiger partial charge in [0.05, 0.1) is 12.6 Å². The lowest BCUT2D eigenvalue weighted by molar-refractivity contribution is 0.0986. The highest BCUT2D eigenvalue weighted by Crippen LogP contribution is 2.39. The SMILES string of the molecule is c1cncc(-c2noc(CN3CCCC[C@H]3c3nc(C4CC4)no3)n2)c1. The van der Waals surface area contributed by atoms with Crippen molar-refractivity contribution in [2.45, 2.75) is 50.6 Å². The summed E-state index contributed by atoms with van der Waals surface area (Å²) in [5.74, 6) is 3.25. The highest BCUT2D eigenvalue weighted by atomic mass is 16.5. The zero-order valence-corrected chi connectivity index (χ0v) is 14.4. The predicted molar refractivity (Wildman–Crippen MR) is 90.8 cm³/mol. The number of aromatic nitrogens is 5. The van der Waals surface area contributed by atoms with Crippen LogP contribution >= 0.6 is 0 Å². The maximum Gasteiger partial charge on any atom is 0.244 e. The Morgan fingerprint density at radius 3 is 2.88 bits per heavy atom. The third-order valence-electron chi connectivity index (χ3n) is 5.02. The Morgan fingerprint density at radius 2 is 2.04 bits per heavy atom. The molecule has 1 atom stereocenters. The van der Waals surface area contributed by atoms with E-state index >= 15 is 0 Å². The molecule has 3 aromatic rings. The normalized spacial score (nSPS) is 21.2. The third kappa shape index (κ3) is 3.12. The van der Waals surface area contributed by atoms with Gasteiger partial charge in [-0.25, -0.2) is 0 Å². The van der Waals surface area contributed by atoms with E-state index in [4.69, 9.17) is 9.05 Å². The summed E-state index contributed by atoms with van der Waals surface area (Å²) in [7, 11) is 0. The van der Waals surface area contributed by atoms with Crippen LogP contribution in [0.25, 0.3) is 11.4 Å². The first kappa shape index (κ1) is 15.6. The zero-order valence-electron chi connectivity index (χ0n) is 14.4. The Labute approximate surface area is 150 Å². The second-order valence-corrected chi connectivity index (χ2v) is 7.00. The van der Waals surface area contributed by atoms with Crippen LogP contribution in [-0.2, 0) is 6.54 Å². The standard InChI is InChI=1S/C18H20N6O2/c1-2-9-24(14(5-1)18-21-16(23-26-18)12-6-7-12)11-15-20-17(22-25-15)13-4-3-8-19-10-13/h3-4,8,10,12,14H,1-2,5-7,9,11H2/t14-/m0/s1. The monoisotopic (exact) mass is 352 g/mol. The van der Waals surface area contributed by atoms with Gasteiger partial charge in [0.15, 0.2) is 5.82 Å². The Balaban J connectivity index is 1.33. The molecule has 0 unspecified atom stereocenters. The van der Waals surface area contributed by atoms with Gasteiger partial charge in [-0.3, -0.25) is 9.88 Å². The first-order chi connectivity index (χ1) is 12.9. The summed E-state index contributed by atoms with van der Waals surface area (Å²) in [6.07, 6.45) is 9.12. The topological polar surface area (TPSA) is 94.0 Å². The van der Waals surface area contributed by atoms with Crippen molar-refractivity contribution in [3.8, 4) is 11.4 Å². The summed E-state index contributed by atoms with van der Waals surface area (Å²) in [5, 5.41) is 8.25. The van der Waals surface area contributed by atoms with Crippen LogP contribution in [0.2, 0.25) is 0 Å². The number of hydrogen-bond acceptors (Lipinski definition) is 8. The second-order valence-electron chi connectivity index (χ2n) is 7.00. The molecule has 0 radical (unpaired) electrons. The molecule has 0 spiro atoms. The highest BCUT2D eigenvalue weighted by Gasteiger charge is 2.33. The first-order valence-corrected chi connectivity index (χ1v) is 9.17. The van der Waals surface area contributed by atoms with E-state index in [1.807, 2.05) is 12.1 Å². The molecule has 8 nitrogen and oxygen atoms in total. The molecule has 134 valence electrons. The van der Waals surface area contributed by atoms with Gasteiger partial charge in [0, 0.05) is 23.9 Å². The lowest BCUT2D eigenvalue weighted by atomic mass is 10.0. The fourth-order valence-electron chi connectivity index (χ4n) is 3.45. The van der Waals surface area contributed by atoms with Crippen LogP contribution in [0.4, 0.5) is 0 Å². The van der Waals surface area contributed by atoms with Crippen molar-refractivity contribution in [3.63, 3.8) is 0 Å². The first-order valence-electron chi connectivity index (χ1n) is 9.17. The molecule has 4 heterocycles. The molecule has 26 heavy (non-hydrogen) atoms. The molecule has 1 saturated carbocycles. The van der Waals surface area contributed by atoms with E-state index in [9.17, 15) is 0 Å².